The van der Waals surface area contributed by atoms with Gasteiger partial charge in [0.15, 0.2) is 12.6 Å². The largest absolute Gasteiger partial charge is 0.470 e. The Balaban J connectivity index is 1.78. The van der Waals surface area contributed by atoms with E-state index in [1.807, 2.05) is 37.3 Å². The van der Waals surface area contributed by atoms with Gasteiger partial charge in [0.2, 0.25) is 0 Å². The summed E-state index contributed by atoms with van der Waals surface area (Å²) in [5.74, 6) is 0.960. The maximum atomic E-state index is 9.38. The molecule has 173 valence electrons. The summed E-state index contributed by atoms with van der Waals surface area (Å²) in [6.45, 7) is 9.86. The van der Waals surface area contributed by atoms with E-state index in [-0.39, 0.29) is 18.5 Å². The number of hydrogen-bond acceptors (Lipinski definition) is 7. The maximum absolute atomic E-state index is 9.38. The molecule has 0 saturated carbocycles. The van der Waals surface area contributed by atoms with Crippen LogP contribution in [-0.4, -0.2) is 31.4 Å². The molecule has 0 unspecified atom stereocenters. The molecule has 3 aromatic rings. The highest BCUT2D eigenvalue weighted by atomic mass is 28.3. The van der Waals surface area contributed by atoms with Gasteiger partial charge < -0.3 is 19.9 Å². The summed E-state index contributed by atoms with van der Waals surface area (Å²) in [6, 6.07) is 16.4. The number of nitrogen functional groups attached to an aromatic ring is 1. The van der Waals surface area contributed by atoms with Crippen LogP contribution in [0.3, 0.4) is 0 Å². The van der Waals surface area contributed by atoms with E-state index in [0.717, 1.165) is 22.7 Å². The average Bonchev–Trinajstić information content (AvgIpc) is 2.77. The summed E-state index contributed by atoms with van der Waals surface area (Å²) >= 11 is 0. The van der Waals surface area contributed by atoms with Gasteiger partial charge in [0, 0.05) is 12.2 Å². The molecule has 0 spiro atoms. The lowest BCUT2D eigenvalue weighted by Gasteiger charge is -2.26. The van der Waals surface area contributed by atoms with E-state index in [0.29, 0.717) is 30.2 Å². The maximum Gasteiger partial charge on any atom is 0.257 e. The lowest BCUT2D eigenvalue weighted by molar-refractivity contribution is 0.0223. The van der Waals surface area contributed by atoms with Crippen molar-refractivity contribution in [2.75, 3.05) is 19.1 Å². The molecular weight excluding hydrogens is 432 g/mol. The predicted molar refractivity (Wildman–Crippen MR) is 132 cm³/mol. The molecule has 0 bridgehead atoms. The summed E-state index contributed by atoms with van der Waals surface area (Å²) in [6.07, 6.45) is 1.60. The van der Waals surface area contributed by atoms with E-state index < -0.39 is 8.07 Å². The fourth-order valence-corrected chi connectivity index (χ4v) is 3.91. The molecule has 33 heavy (non-hydrogen) atoms. The lowest BCUT2D eigenvalue weighted by Crippen LogP contribution is -2.22. The normalized spacial score (nSPS) is 11.1. The zero-order valence-corrected chi connectivity index (χ0v) is 20.6. The van der Waals surface area contributed by atoms with Gasteiger partial charge in [-0.05, 0) is 30.2 Å². The van der Waals surface area contributed by atoms with Crippen molar-refractivity contribution in [1.29, 1.82) is 5.26 Å². The van der Waals surface area contributed by atoms with Gasteiger partial charge >= 0.3 is 0 Å². The zero-order chi connectivity index (χ0) is 23.8. The van der Waals surface area contributed by atoms with Crippen LogP contribution in [0.15, 0.2) is 48.7 Å². The first-order valence-corrected chi connectivity index (χ1v) is 14.5. The Bertz CT molecular complexity index is 1120. The Labute approximate surface area is 196 Å². The van der Waals surface area contributed by atoms with E-state index in [2.05, 4.69) is 35.7 Å². The van der Waals surface area contributed by atoms with E-state index >= 15 is 0 Å². The van der Waals surface area contributed by atoms with Gasteiger partial charge in [-0.25, -0.2) is 9.97 Å². The molecule has 0 fully saturated rings. The monoisotopic (exact) mass is 462 g/mol. The number of nitrogens with zero attached hydrogens (tertiary/aromatic N) is 3. The Kier molecular flexibility index (Phi) is 8.04. The highest BCUT2D eigenvalue weighted by Crippen LogP contribution is 2.34. The Morgan fingerprint density at radius 3 is 2.52 bits per heavy atom. The smallest absolute Gasteiger partial charge is 0.257 e. The van der Waals surface area contributed by atoms with Gasteiger partial charge in [-0.2, -0.15) is 24.9 Å². The number of nitrogens with two attached hydrogens (primary N) is 1. The van der Waals surface area contributed by atoms with Crippen molar-refractivity contribution in [2.24, 2.45) is 0 Å². The van der Waals surface area contributed by atoms with Crippen molar-refractivity contribution < 1.29 is 14.2 Å². The highest BCUT2D eigenvalue weighted by Gasteiger charge is 2.16. The molecule has 0 amide bonds. The molecule has 0 radical (unpaired) electrons. The third-order valence-electron chi connectivity index (χ3n) is 4.96. The SMILES string of the molecule is Cc1cc(C#N)cc(OCOCC[Si-](C)(C)C)c1-c1cnc(OCc2ccccc2)c(N)n1. The molecule has 0 aliphatic heterocycles. The number of aromatic nitrogens is 2. The van der Waals surface area contributed by atoms with Crippen LogP contribution in [0, 0.1) is 18.3 Å². The minimum absolute atomic E-state index is 0.0903. The molecule has 0 atom stereocenters. The van der Waals surface area contributed by atoms with E-state index in [9.17, 15) is 5.26 Å². The van der Waals surface area contributed by atoms with Crippen molar-refractivity contribution in [2.45, 2.75) is 39.2 Å². The molecule has 0 saturated heterocycles. The third kappa shape index (κ3) is 7.04. The van der Waals surface area contributed by atoms with Gasteiger partial charge in [0.25, 0.3) is 5.88 Å². The lowest BCUT2D eigenvalue weighted by atomic mass is 10.0. The standard InChI is InChI=1S/C25H30N4O3Si/c1-18-12-20(14-26)13-22(32-17-30-10-11-33(2,3)4)23(18)21-15-28-25(24(27)29-21)31-16-19-8-6-5-7-9-19/h5-9,12-13,15H,10-11,16-17H2,1-4H3,(H2,27,29)/q-1. The molecule has 3 rings (SSSR count). The molecule has 2 N–H and O–H groups in total. The number of rotatable bonds is 10. The molecule has 8 heteroatoms. The van der Waals surface area contributed by atoms with Gasteiger partial charge in [-0.15, -0.1) is 14.1 Å². The first-order chi connectivity index (χ1) is 15.8. The second-order valence-corrected chi connectivity index (χ2v) is 14.6. The first-order valence-electron chi connectivity index (χ1n) is 10.8. The summed E-state index contributed by atoms with van der Waals surface area (Å²) < 4.78 is 17.3. The van der Waals surface area contributed by atoms with Crippen LogP contribution in [0.25, 0.3) is 11.3 Å². The number of nitriles is 1. The van der Waals surface area contributed by atoms with Crippen LogP contribution in [-0.2, 0) is 11.3 Å². The van der Waals surface area contributed by atoms with E-state index in [4.69, 9.17) is 19.9 Å². The van der Waals surface area contributed by atoms with Gasteiger partial charge in [0.1, 0.15) is 12.4 Å². The predicted octanol–water partition coefficient (Wildman–Crippen LogP) is 5.18. The summed E-state index contributed by atoms with van der Waals surface area (Å²) in [7, 11) is -1.18. The first kappa shape index (κ1) is 24.2. The van der Waals surface area contributed by atoms with E-state index in [1.54, 1.807) is 18.3 Å². The summed E-state index contributed by atoms with van der Waals surface area (Å²) in [5.41, 5.74) is 9.74. The molecule has 1 aromatic heterocycles. The minimum Gasteiger partial charge on any atom is -0.470 e. The molecule has 0 aliphatic rings. The molecular formula is C25H30N4O3Si-. The van der Waals surface area contributed by atoms with Gasteiger partial charge in [-0.1, -0.05) is 30.3 Å². The molecule has 7 nitrogen and oxygen atoms in total. The quantitative estimate of drug-likeness (QED) is 0.252. The summed E-state index contributed by atoms with van der Waals surface area (Å²) in [5, 5.41) is 9.38. The highest BCUT2D eigenvalue weighted by molar-refractivity contribution is 6.76. The number of aryl methyl sites for hydroxylation is 1. The average molecular weight is 463 g/mol. The second kappa shape index (κ2) is 10.9. The van der Waals surface area contributed by atoms with Crippen molar-refractivity contribution in [3.05, 3.63) is 65.4 Å². The number of hydrogen-bond donors (Lipinski definition) is 1. The third-order valence-corrected chi connectivity index (χ3v) is 6.67. The molecule has 2 aromatic carbocycles. The van der Waals surface area contributed by atoms with Crippen molar-refractivity contribution in [3.8, 4) is 29.0 Å². The minimum atomic E-state index is -1.18. The summed E-state index contributed by atoms with van der Waals surface area (Å²) in [4.78, 5) is 8.88. The topological polar surface area (TPSA) is 103 Å². The molecule has 1 heterocycles. The van der Waals surface area contributed by atoms with Crippen LogP contribution < -0.4 is 15.2 Å². The van der Waals surface area contributed by atoms with Crippen LogP contribution in [0.1, 0.15) is 16.7 Å². The Morgan fingerprint density at radius 1 is 1.09 bits per heavy atom. The van der Waals surface area contributed by atoms with Crippen molar-refractivity contribution >= 4 is 13.9 Å². The van der Waals surface area contributed by atoms with Crippen molar-refractivity contribution in [1.82, 2.24) is 9.97 Å². The van der Waals surface area contributed by atoms with Crippen LogP contribution >= 0.6 is 0 Å². The van der Waals surface area contributed by atoms with Gasteiger partial charge in [0.05, 0.1) is 23.5 Å². The van der Waals surface area contributed by atoms with Crippen LogP contribution in [0.4, 0.5) is 5.82 Å². The zero-order valence-electron chi connectivity index (χ0n) is 19.6. The molecule has 0 aliphatic carbocycles. The fourth-order valence-electron chi connectivity index (χ4n) is 3.15. The van der Waals surface area contributed by atoms with E-state index in [1.165, 1.54) is 0 Å². The van der Waals surface area contributed by atoms with Crippen molar-refractivity contribution in [3.63, 3.8) is 0 Å². The Morgan fingerprint density at radius 2 is 1.85 bits per heavy atom. The van der Waals surface area contributed by atoms with Gasteiger partial charge in [-0.3, -0.25) is 0 Å². The van der Waals surface area contributed by atoms with Crippen LogP contribution in [0.2, 0.25) is 25.7 Å². The Hall–Kier alpha value is -3.41. The van der Waals surface area contributed by atoms with Crippen LogP contribution in [0.5, 0.6) is 11.6 Å². The number of anilines is 1. The second-order valence-electron chi connectivity index (χ2n) is 8.98. The number of benzene rings is 2. The fraction of sp³-hybridized carbons (Fsp3) is 0.320. The number of ether oxygens (including phenoxy) is 3.